The van der Waals surface area contributed by atoms with Crippen molar-refractivity contribution in [3.63, 3.8) is 0 Å². The molecule has 28 heavy (non-hydrogen) atoms. The van der Waals surface area contributed by atoms with Gasteiger partial charge in [0.05, 0.1) is 5.92 Å². The fraction of sp³-hybridized carbons (Fsp3) is 0.368. The van der Waals surface area contributed by atoms with E-state index in [9.17, 15) is 4.79 Å². The van der Waals surface area contributed by atoms with Crippen molar-refractivity contribution < 1.29 is 4.79 Å². The summed E-state index contributed by atoms with van der Waals surface area (Å²) in [5.74, 6) is 0.525. The Balaban J connectivity index is 1.43. The number of aromatic nitrogens is 5. The number of carbonyl (C=O) groups excluding carboxylic acids is 1. The number of hydrogen-bond acceptors (Lipinski definition) is 8. The van der Waals surface area contributed by atoms with E-state index in [1.807, 2.05) is 32.0 Å². The van der Waals surface area contributed by atoms with Crippen molar-refractivity contribution in [2.75, 3.05) is 23.3 Å². The van der Waals surface area contributed by atoms with Gasteiger partial charge in [0.25, 0.3) is 0 Å². The average molecular weight is 395 g/mol. The minimum Gasteiger partial charge on any atom is -0.340 e. The number of rotatable bonds is 4. The largest absolute Gasteiger partial charge is 0.340 e. The number of aryl methyl sites for hydroxylation is 2. The van der Waals surface area contributed by atoms with E-state index in [2.05, 4.69) is 35.4 Å². The van der Waals surface area contributed by atoms with Gasteiger partial charge in [0, 0.05) is 42.4 Å². The van der Waals surface area contributed by atoms with Crippen LogP contribution in [0.25, 0.3) is 10.6 Å². The zero-order chi connectivity index (χ0) is 19.5. The summed E-state index contributed by atoms with van der Waals surface area (Å²) in [6.45, 7) is 5.38. The fourth-order valence-corrected chi connectivity index (χ4v) is 4.05. The van der Waals surface area contributed by atoms with Gasteiger partial charge >= 0.3 is 0 Å². The zero-order valence-electron chi connectivity index (χ0n) is 15.8. The highest BCUT2D eigenvalue weighted by atomic mass is 32.1. The highest BCUT2D eigenvalue weighted by Gasteiger charge is 2.28. The quantitative estimate of drug-likeness (QED) is 0.725. The number of nitrogens with zero attached hydrogens (tertiary/aromatic N) is 6. The van der Waals surface area contributed by atoms with Crippen molar-refractivity contribution >= 4 is 28.3 Å². The summed E-state index contributed by atoms with van der Waals surface area (Å²) in [6.07, 6.45) is 5.20. The van der Waals surface area contributed by atoms with Crippen molar-refractivity contribution in [2.24, 2.45) is 5.92 Å². The maximum atomic E-state index is 12.8. The van der Waals surface area contributed by atoms with Crippen LogP contribution in [-0.4, -0.2) is 44.1 Å². The van der Waals surface area contributed by atoms with Crippen LogP contribution < -0.4 is 10.2 Å². The minimum absolute atomic E-state index is 0.0389. The van der Waals surface area contributed by atoms with E-state index in [0.717, 1.165) is 41.3 Å². The smallest absolute Gasteiger partial charge is 0.231 e. The van der Waals surface area contributed by atoms with Crippen LogP contribution in [-0.2, 0) is 4.79 Å². The molecule has 1 atom stereocenters. The summed E-state index contributed by atoms with van der Waals surface area (Å²) in [5.41, 5.74) is 2.76. The molecular formula is C19H21N7OS. The Labute approximate surface area is 167 Å². The van der Waals surface area contributed by atoms with Crippen LogP contribution >= 0.6 is 11.3 Å². The second kappa shape index (κ2) is 7.97. The van der Waals surface area contributed by atoms with E-state index in [0.29, 0.717) is 17.6 Å². The summed E-state index contributed by atoms with van der Waals surface area (Å²) < 4.78 is 0. The number of nitrogens with one attached hydrogen (secondary N) is 1. The van der Waals surface area contributed by atoms with Crippen LogP contribution in [0.1, 0.15) is 24.2 Å². The molecule has 0 aromatic carbocycles. The van der Waals surface area contributed by atoms with Gasteiger partial charge in [-0.1, -0.05) is 11.3 Å². The number of carbonyl (C=O) groups is 1. The molecule has 144 valence electrons. The van der Waals surface area contributed by atoms with E-state index in [4.69, 9.17) is 0 Å². The second-order valence-corrected chi connectivity index (χ2v) is 7.86. The number of piperidine rings is 1. The van der Waals surface area contributed by atoms with Crippen LogP contribution in [0, 0.1) is 19.8 Å². The Kier molecular flexibility index (Phi) is 5.25. The Morgan fingerprint density at radius 2 is 2.07 bits per heavy atom. The Hall–Kier alpha value is -2.94. The molecule has 1 fully saturated rings. The van der Waals surface area contributed by atoms with Crippen LogP contribution in [0.2, 0.25) is 0 Å². The maximum absolute atomic E-state index is 12.8. The first-order valence-corrected chi connectivity index (χ1v) is 10.0. The van der Waals surface area contributed by atoms with E-state index in [-0.39, 0.29) is 11.8 Å². The molecule has 0 radical (unpaired) electrons. The van der Waals surface area contributed by atoms with Gasteiger partial charge in [0.1, 0.15) is 0 Å². The summed E-state index contributed by atoms with van der Waals surface area (Å²) in [5, 5.41) is 12.4. The molecule has 0 spiro atoms. The first-order valence-electron chi connectivity index (χ1n) is 9.20. The van der Waals surface area contributed by atoms with Crippen LogP contribution in [0.5, 0.6) is 0 Å². The lowest BCUT2D eigenvalue weighted by atomic mass is 9.97. The van der Waals surface area contributed by atoms with Gasteiger partial charge in [-0.05, 0) is 44.9 Å². The monoisotopic (exact) mass is 395 g/mol. The fourth-order valence-electron chi connectivity index (χ4n) is 3.31. The first kappa shape index (κ1) is 18.4. The minimum atomic E-state index is -0.135. The van der Waals surface area contributed by atoms with Crippen molar-refractivity contribution in [1.82, 2.24) is 25.1 Å². The first-order chi connectivity index (χ1) is 13.6. The third kappa shape index (κ3) is 4.14. The number of anilines is 2. The van der Waals surface area contributed by atoms with Crippen LogP contribution in [0.15, 0.2) is 30.6 Å². The van der Waals surface area contributed by atoms with E-state index in [1.54, 1.807) is 12.4 Å². The highest BCUT2D eigenvalue weighted by Crippen LogP contribution is 2.27. The molecular weight excluding hydrogens is 374 g/mol. The molecule has 1 aliphatic heterocycles. The third-order valence-electron chi connectivity index (χ3n) is 4.61. The molecule has 3 aromatic rings. The van der Waals surface area contributed by atoms with Crippen molar-refractivity contribution in [3.8, 4) is 10.6 Å². The molecule has 1 unspecified atom stereocenters. The molecule has 9 heteroatoms. The predicted molar refractivity (Wildman–Crippen MR) is 108 cm³/mol. The molecule has 4 rings (SSSR count). The van der Waals surface area contributed by atoms with Gasteiger partial charge in [-0.25, -0.2) is 9.97 Å². The van der Waals surface area contributed by atoms with Crippen molar-refractivity contribution in [2.45, 2.75) is 26.7 Å². The molecule has 1 N–H and O–H groups in total. The Morgan fingerprint density at radius 1 is 1.25 bits per heavy atom. The van der Waals surface area contributed by atoms with Gasteiger partial charge in [-0.15, -0.1) is 10.2 Å². The normalized spacial score (nSPS) is 16.8. The number of pyridine rings is 1. The molecule has 4 heterocycles. The molecule has 3 aromatic heterocycles. The average Bonchev–Trinajstić information content (AvgIpc) is 3.16. The SMILES string of the molecule is Cc1cc(C)nc(N2CCCC(C(=O)Nc3nnc(-c4cccnc4)s3)C2)n1. The Bertz CT molecular complexity index is 955. The van der Waals surface area contributed by atoms with Gasteiger partial charge in [-0.3, -0.25) is 9.78 Å². The zero-order valence-corrected chi connectivity index (χ0v) is 16.6. The molecule has 0 saturated carbocycles. The molecule has 1 saturated heterocycles. The van der Waals surface area contributed by atoms with Crippen LogP contribution in [0.3, 0.4) is 0 Å². The van der Waals surface area contributed by atoms with E-state index >= 15 is 0 Å². The van der Waals surface area contributed by atoms with E-state index < -0.39 is 0 Å². The lowest BCUT2D eigenvalue weighted by Gasteiger charge is -2.32. The summed E-state index contributed by atoms with van der Waals surface area (Å²) in [6, 6.07) is 5.72. The van der Waals surface area contributed by atoms with E-state index in [1.165, 1.54) is 11.3 Å². The number of hydrogen-bond donors (Lipinski definition) is 1. The number of amides is 1. The molecule has 1 aliphatic rings. The molecule has 1 amide bonds. The van der Waals surface area contributed by atoms with Crippen molar-refractivity contribution in [1.29, 1.82) is 0 Å². The summed E-state index contributed by atoms with van der Waals surface area (Å²) >= 11 is 1.35. The van der Waals surface area contributed by atoms with Gasteiger partial charge in [0.15, 0.2) is 5.01 Å². The second-order valence-electron chi connectivity index (χ2n) is 6.88. The highest BCUT2D eigenvalue weighted by molar-refractivity contribution is 7.18. The lowest BCUT2D eigenvalue weighted by Crippen LogP contribution is -2.41. The standard InChI is InChI=1S/C19H21N7OS/c1-12-9-13(2)22-18(21-12)26-8-4-6-15(11-26)16(27)23-19-25-24-17(28-19)14-5-3-7-20-10-14/h3,5,7,9-10,15H,4,6,8,11H2,1-2H3,(H,23,25,27). The molecule has 8 nitrogen and oxygen atoms in total. The van der Waals surface area contributed by atoms with Gasteiger partial charge < -0.3 is 10.2 Å². The Morgan fingerprint density at radius 3 is 2.82 bits per heavy atom. The van der Waals surface area contributed by atoms with Crippen molar-refractivity contribution in [3.05, 3.63) is 42.0 Å². The summed E-state index contributed by atoms with van der Waals surface area (Å²) in [4.78, 5) is 28.0. The maximum Gasteiger partial charge on any atom is 0.231 e. The van der Waals surface area contributed by atoms with Crippen LogP contribution in [0.4, 0.5) is 11.1 Å². The van der Waals surface area contributed by atoms with Gasteiger partial charge in [0.2, 0.25) is 17.0 Å². The molecule has 0 aliphatic carbocycles. The summed E-state index contributed by atoms with van der Waals surface area (Å²) in [7, 11) is 0. The lowest BCUT2D eigenvalue weighted by molar-refractivity contribution is -0.120. The predicted octanol–water partition coefficient (Wildman–Crippen LogP) is 2.86. The van der Waals surface area contributed by atoms with Gasteiger partial charge in [-0.2, -0.15) is 0 Å². The molecule has 0 bridgehead atoms. The topological polar surface area (TPSA) is 96.8 Å². The third-order valence-corrected chi connectivity index (χ3v) is 5.50.